The molecule has 9 nitrogen and oxygen atoms in total. The average Bonchev–Trinajstić information content (AvgIpc) is 3.10. The lowest BCUT2D eigenvalue weighted by atomic mass is 9.83. The number of pyridine rings is 2. The number of urea groups is 1. The molecular weight excluding hydrogens is 440 g/mol. The molecule has 3 unspecified atom stereocenters. The second-order valence-corrected chi connectivity index (χ2v) is 10.2. The number of carbonyl (C=O) groups is 2. The quantitative estimate of drug-likeness (QED) is 0.533. The van der Waals surface area contributed by atoms with Crippen molar-refractivity contribution in [3.8, 4) is 5.88 Å². The highest BCUT2D eigenvalue weighted by molar-refractivity contribution is 8.01. The molecule has 5 rings (SSSR count). The minimum atomic E-state index is -1.14. The zero-order valence-electron chi connectivity index (χ0n) is 18.9. The van der Waals surface area contributed by atoms with Gasteiger partial charge in [-0.3, -0.25) is 4.79 Å². The van der Waals surface area contributed by atoms with Crippen LogP contribution in [0, 0.1) is 6.92 Å². The van der Waals surface area contributed by atoms with Crippen molar-refractivity contribution in [2.24, 2.45) is 0 Å². The first-order valence-electron chi connectivity index (χ1n) is 11.3. The minimum absolute atomic E-state index is 0.0145. The van der Waals surface area contributed by atoms with Gasteiger partial charge >= 0.3 is 6.03 Å². The highest BCUT2D eigenvalue weighted by Crippen LogP contribution is 2.60. The van der Waals surface area contributed by atoms with Crippen LogP contribution in [0.15, 0.2) is 29.6 Å². The average molecular weight is 469 g/mol. The monoisotopic (exact) mass is 468 g/mol. The van der Waals surface area contributed by atoms with Gasteiger partial charge in [0.25, 0.3) is 0 Å². The van der Waals surface area contributed by atoms with Crippen LogP contribution in [0.1, 0.15) is 49.4 Å². The topological polar surface area (TPSA) is 117 Å². The second kappa shape index (κ2) is 8.49. The molecule has 3 aliphatic heterocycles. The number of aromatic nitrogens is 2. The number of ether oxygens (including phenoxy) is 1. The number of amides is 3. The van der Waals surface area contributed by atoms with E-state index in [4.69, 9.17) is 4.74 Å². The molecule has 3 amide bonds. The summed E-state index contributed by atoms with van der Waals surface area (Å²) in [5, 5.41) is 13.2. The largest absolute Gasteiger partial charge is 0.475 e. The van der Waals surface area contributed by atoms with Crippen LogP contribution >= 0.6 is 11.8 Å². The first-order chi connectivity index (χ1) is 15.9. The van der Waals surface area contributed by atoms with Gasteiger partial charge in [0.2, 0.25) is 11.8 Å². The van der Waals surface area contributed by atoms with Gasteiger partial charge in [-0.15, -0.1) is 0 Å². The molecule has 0 aromatic carbocycles. The summed E-state index contributed by atoms with van der Waals surface area (Å²) in [6, 6.07) is 2.73. The van der Waals surface area contributed by atoms with E-state index in [1.54, 1.807) is 18.5 Å². The highest BCUT2D eigenvalue weighted by atomic mass is 32.2. The third kappa shape index (κ3) is 3.80. The molecule has 0 spiro atoms. The Morgan fingerprint density at radius 2 is 2.21 bits per heavy atom. The summed E-state index contributed by atoms with van der Waals surface area (Å²) >= 11 is 1.38. The molecule has 4 N–H and O–H groups in total. The maximum absolute atomic E-state index is 14.1. The van der Waals surface area contributed by atoms with E-state index >= 15 is 0 Å². The summed E-state index contributed by atoms with van der Waals surface area (Å²) in [5.74, 6) is 0.353. The van der Waals surface area contributed by atoms with Gasteiger partial charge in [0, 0.05) is 42.2 Å². The van der Waals surface area contributed by atoms with Crippen molar-refractivity contribution in [1.82, 2.24) is 25.9 Å². The predicted octanol–water partition coefficient (Wildman–Crippen LogP) is 2.62. The van der Waals surface area contributed by atoms with Gasteiger partial charge in [-0.2, -0.15) is 0 Å². The number of hydrogen-bond donors (Lipinski definition) is 4. The maximum atomic E-state index is 14.1. The van der Waals surface area contributed by atoms with Crippen LogP contribution < -0.4 is 26.0 Å². The van der Waals surface area contributed by atoms with Crippen molar-refractivity contribution in [3.63, 3.8) is 0 Å². The lowest BCUT2D eigenvalue weighted by molar-refractivity contribution is -0.125. The van der Waals surface area contributed by atoms with E-state index in [-0.39, 0.29) is 24.1 Å². The molecule has 10 heteroatoms. The number of nitrogens with one attached hydrogen (secondary N) is 4. The molecule has 2 aromatic heterocycles. The van der Waals surface area contributed by atoms with Crippen LogP contribution in [-0.2, 0) is 9.54 Å². The van der Waals surface area contributed by atoms with Gasteiger partial charge < -0.3 is 26.0 Å². The lowest BCUT2D eigenvalue weighted by Crippen LogP contribution is -2.56. The number of thioether (sulfide) groups is 1. The van der Waals surface area contributed by atoms with E-state index in [1.165, 1.54) is 11.8 Å². The molecule has 1 fully saturated rings. The van der Waals surface area contributed by atoms with Crippen LogP contribution in [0.5, 0.6) is 5.88 Å². The van der Waals surface area contributed by atoms with Crippen molar-refractivity contribution in [3.05, 3.63) is 41.2 Å². The number of anilines is 1. The van der Waals surface area contributed by atoms with Crippen molar-refractivity contribution < 1.29 is 14.3 Å². The van der Waals surface area contributed by atoms with E-state index in [1.807, 2.05) is 26.8 Å². The first-order valence-corrected chi connectivity index (χ1v) is 12.1. The van der Waals surface area contributed by atoms with Crippen molar-refractivity contribution >= 4 is 29.4 Å². The van der Waals surface area contributed by atoms with Crippen LogP contribution in [-0.4, -0.2) is 47.1 Å². The molecule has 0 saturated carbocycles. The fourth-order valence-electron chi connectivity index (χ4n) is 4.80. The smallest absolute Gasteiger partial charge is 0.319 e. The Morgan fingerprint density at radius 1 is 1.36 bits per heavy atom. The SMILES string of the molecule is Cc1cc(OC(C)C)ncc1C1(C(=O)NC2CCCNC2)Sc2nccc3c2C1NC(=O)N3. The van der Waals surface area contributed by atoms with Gasteiger partial charge in [-0.05, 0) is 51.8 Å². The number of aryl methyl sites for hydroxylation is 1. The molecule has 0 aliphatic carbocycles. The van der Waals surface area contributed by atoms with E-state index in [0.29, 0.717) is 11.6 Å². The number of nitrogens with zero attached hydrogens (tertiary/aromatic N) is 2. The van der Waals surface area contributed by atoms with Gasteiger partial charge in [-0.25, -0.2) is 14.8 Å². The third-order valence-electron chi connectivity index (χ3n) is 6.24. The van der Waals surface area contributed by atoms with E-state index in [0.717, 1.165) is 47.6 Å². The van der Waals surface area contributed by atoms with E-state index in [2.05, 4.69) is 31.2 Å². The fourth-order valence-corrected chi connectivity index (χ4v) is 6.33. The van der Waals surface area contributed by atoms with Crippen LogP contribution in [0.25, 0.3) is 0 Å². The number of carbonyl (C=O) groups excluding carboxylic acids is 2. The number of piperidine rings is 1. The number of hydrogen-bond acceptors (Lipinski definition) is 7. The normalized spacial score (nSPS) is 25.8. The van der Waals surface area contributed by atoms with Gasteiger partial charge in [0.05, 0.1) is 17.8 Å². The summed E-state index contributed by atoms with van der Waals surface area (Å²) in [7, 11) is 0. The number of rotatable bonds is 5. The molecule has 0 radical (unpaired) electrons. The highest BCUT2D eigenvalue weighted by Gasteiger charge is 2.58. The van der Waals surface area contributed by atoms with Gasteiger partial charge in [0.1, 0.15) is 5.03 Å². The second-order valence-electron chi connectivity index (χ2n) is 8.97. The first kappa shape index (κ1) is 22.0. The Morgan fingerprint density at radius 3 is 2.94 bits per heavy atom. The summed E-state index contributed by atoms with van der Waals surface area (Å²) in [5.41, 5.74) is 3.12. The lowest BCUT2D eigenvalue weighted by Gasteiger charge is -2.38. The zero-order chi connectivity index (χ0) is 23.2. The molecular formula is C23H28N6O3S. The minimum Gasteiger partial charge on any atom is -0.475 e. The molecule has 3 aliphatic rings. The maximum Gasteiger partial charge on any atom is 0.319 e. The zero-order valence-corrected chi connectivity index (χ0v) is 19.7. The Hall–Kier alpha value is -2.85. The molecule has 5 heterocycles. The van der Waals surface area contributed by atoms with Crippen molar-refractivity contribution in [2.75, 3.05) is 18.4 Å². The third-order valence-corrected chi connectivity index (χ3v) is 7.72. The Kier molecular flexibility index (Phi) is 5.65. The van der Waals surface area contributed by atoms with E-state index in [9.17, 15) is 9.59 Å². The molecule has 1 saturated heterocycles. The van der Waals surface area contributed by atoms with Gasteiger partial charge in [-0.1, -0.05) is 11.8 Å². The standard InChI is InChI=1S/C23H28N6O3S/c1-12(2)32-17-9-13(3)15(11-26-17)23(21(30)27-14-5-4-7-24-10-14)19-18-16(28-22(31)29-19)6-8-25-20(18)33-23/h6,8-9,11-12,14,19,24H,4-5,7,10H2,1-3H3,(H,27,30)(H2,28,29,31). The molecule has 174 valence electrons. The van der Waals surface area contributed by atoms with Crippen LogP contribution in [0.4, 0.5) is 10.5 Å². The molecule has 3 atom stereocenters. The Labute approximate surface area is 196 Å². The molecule has 2 aromatic rings. The van der Waals surface area contributed by atoms with Crippen LogP contribution in [0.2, 0.25) is 0 Å². The fraction of sp³-hybridized carbons (Fsp3) is 0.478. The summed E-state index contributed by atoms with van der Waals surface area (Å²) < 4.78 is 4.63. The van der Waals surface area contributed by atoms with E-state index < -0.39 is 10.8 Å². The van der Waals surface area contributed by atoms with Crippen LogP contribution in [0.3, 0.4) is 0 Å². The molecule has 33 heavy (non-hydrogen) atoms. The molecule has 0 bridgehead atoms. The Bertz CT molecular complexity index is 1100. The van der Waals surface area contributed by atoms with Crippen molar-refractivity contribution in [1.29, 1.82) is 0 Å². The van der Waals surface area contributed by atoms with Crippen molar-refractivity contribution in [2.45, 2.75) is 61.6 Å². The van der Waals surface area contributed by atoms with Gasteiger partial charge in [0.15, 0.2) is 4.75 Å². The Balaban J connectivity index is 1.62. The summed E-state index contributed by atoms with van der Waals surface area (Å²) in [6.07, 6.45) is 5.27. The summed E-state index contributed by atoms with van der Waals surface area (Å²) in [6.45, 7) is 7.51. The summed E-state index contributed by atoms with van der Waals surface area (Å²) in [4.78, 5) is 35.8. The predicted molar refractivity (Wildman–Crippen MR) is 125 cm³/mol.